The van der Waals surface area contributed by atoms with Gasteiger partial charge in [0, 0.05) is 25.3 Å². The van der Waals surface area contributed by atoms with Gasteiger partial charge in [-0.2, -0.15) is 0 Å². The normalized spacial score (nSPS) is 16.2. The molecule has 1 aromatic carbocycles. The van der Waals surface area contributed by atoms with E-state index in [0.29, 0.717) is 0 Å². The maximum Gasteiger partial charge on any atom is 0.254 e. The van der Waals surface area contributed by atoms with Gasteiger partial charge in [-0.25, -0.2) is 0 Å². The van der Waals surface area contributed by atoms with Gasteiger partial charge in [-0.3, -0.25) is 4.79 Å². The summed E-state index contributed by atoms with van der Waals surface area (Å²) in [5, 5.41) is 0. The van der Waals surface area contributed by atoms with Crippen molar-refractivity contribution >= 4 is 5.91 Å². The molecule has 3 nitrogen and oxygen atoms in total. The van der Waals surface area contributed by atoms with E-state index < -0.39 is 0 Å². The summed E-state index contributed by atoms with van der Waals surface area (Å²) in [6, 6.07) is 6.13. The molecule has 1 fully saturated rings. The highest BCUT2D eigenvalue weighted by Crippen LogP contribution is 2.25. The Kier molecular flexibility index (Phi) is 5.80. The van der Waals surface area contributed by atoms with E-state index in [-0.39, 0.29) is 12.0 Å². The van der Waals surface area contributed by atoms with E-state index in [1.165, 1.54) is 0 Å². The lowest BCUT2D eigenvalue weighted by Gasteiger charge is -2.21. The zero-order chi connectivity index (χ0) is 15.2. The molecule has 0 bridgehead atoms. The Morgan fingerprint density at radius 3 is 2.71 bits per heavy atom. The molecule has 1 atom stereocenters. The van der Waals surface area contributed by atoms with E-state index in [0.717, 1.165) is 62.1 Å². The van der Waals surface area contributed by atoms with Crippen LogP contribution in [0.15, 0.2) is 18.2 Å². The van der Waals surface area contributed by atoms with Crippen LogP contribution in [0.5, 0.6) is 0 Å². The fraction of sp³-hybridized carbons (Fsp3) is 0.611. The van der Waals surface area contributed by atoms with E-state index >= 15 is 0 Å². The first-order valence-corrected chi connectivity index (χ1v) is 8.15. The molecular formula is C18H27NO2. The Balaban J connectivity index is 2.18. The predicted molar refractivity (Wildman–Crippen MR) is 85.6 cm³/mol. The highest BCUT2D eigenvalue weighted by Gasteiger charge is 2.23. The SMILES string of the molecule is CCCCO[C@H](C)c1ccc(C)cc1C(=O)N1CCCC1. The minimum absolute atomic E-state index is 0.0290. The van der Waals surface area contributed by atoms with Crippen LogP contribution >= 0.6 is 0 Å². The van der Waals surface area contributed by atoms with Gasteiger partial charge in [0.05, 0.1) is 6.10 Å². The Morgan fingerprint density at radius 1 is 1.33 bits per heavy atom. The molecule has 3 heteroatoms. The molecule has 1 aromatic rings. The average Bonchev–Trinajstić information content (AvgIpc) is 3.00. The van der Waals surface area contributed by atoms with Crippen LogP contribution in [-0.4, -0.2) is 30.5 Å². The number of ether oxygens (including phenoxy) is 1. The Morgan fingerprint density at radius 2 is 2.05 bits per heavy atom. The summed E-state index contributed by atoms with van der Waals surface area (Å²) in [5.74, 6) is 0.164. The van der Waals surface area contributed by atoms with Crippen LogP contribution in [-0.2, 0) is 4.74 Å². The largest absolute Gasteiger partial charge is 0.374 e. The maximum atomic E-state index is 12.7. The molecule has 1 saturated heterocycles. The summed E-state index contributed by atoms with van der Waals surface area (Å²) < 4.78 is 5.89. The lowest BCUT2D eigenvalue weighted by molar-refractivity contribution is 0.0607. The molecule has 1 heterocycles. The number of rotatable bonds is 6. The van der Waals surface area contributed by atoms with Crippen molar-refractivity contribution in [3.63, 3.8) is 0 Å². The third-order valence-corrected chi connectivity index (χ3v) is 4.14. The summed E-state index contributed by atoms with van der Waals surface area (Å²) >= 11 is 0. The number of nitrogens with zero attached hydrogens (tertiary/aromatic N) is 1. The number of likely N-dealkylation sites (tertiary alicyclic amines) is 1. The summed E-state index contributed by atoms with van der Waals surface area (Å²) in [7, 11) is 0. The van der Waals surface area contributed by atoms with Crippen LogP contribution in [0.2, 0.25) is 0 Å². The fourth-order valence-corrected chi connectivity index (χ4v) is 2.79. The zero-order valence-corrected chi connectivity index (χ0v) is 13.5. The number of unbranched alkanes of at least 4 members (excludes halogenated alkanes) is 1. The molecule has 2 rings (SSSR count). The Bertz CT molecular complexity index is 478. The quantitative estimate of drug-likeness (QED) is 0.738. The standard InChI is InChI=1S/C18H27NO2/c1-4-5-12-21-15(3)16-9-8-14(2)13-17(16)18(20)19-10-6-7-11-19/h8-9,13,15H,4-7,10-12H2,1-3H3/t15-/m1/s1. The van der Waals surface area contributed by atoms with Gasteiger partial charge in [0.25, 0.3) is 5.91 Å². The number of carbonyl (C=O) groups excluding carboxylic acids is 1. The van der Waals surface area contributed by atoms with E-state index in [1.54, 1.807) is 0 Å². The topological polar surface area (TPSA) is 29.5 Å². The van der Waals surface area contributed by atoms with Crippen molar-refractivity contribution in [1.29, 1.82) is 0 Å². The molecule has 0 aromatic heterocycles. The van der Waals surface area contributed by atoms with Gasteiger partial charge in [-0.15, -0.1) is 0 Å². The van der Waals surface area contributed by atoms with Crippen molar-refractivity contribution in [3.8, 4) is 0 Å². The monoisotopic (exact) mass is 289 g/mol. The number of hydrogen-bond acceptors (Lipinski definition) is 2. The number of hydrogen-bond donors (Lipinski definition) is 0. The van der Waals surface area contributed by atoms with Crippen LogP contribution in [0.3, 0.4) is 0 Å². The molecule has 0 N–H and O–H groups in total. The first kappa shape index (κ1) is 16.0. The minimum Gasteiger partial charge on any atom is -0.374 e. The van der Waals surface area contributed by atoms with Gasteiger partial charge < -0.3 is 9.64 Å². The van der Waals surface area contributed by atoms with Crippen molar-refractivity contribution in [2.24, 2.45) is 0 Å². The average molecular weight is 289 g/mol. The molecule has 0 spiro atoms. The van der Waals surface area contributed by atoms with Gasteiger partial charge in [-0.1, -0.05) is 31.0 Å². The molecule has 0 radical (unpaired) electrons. The lowest BCUT2D eigenvalue weighted by atomic mass is 9.99. The van der Waals surface area contributed by atoms with Crippen LogP contribution < -0.4 is 0 Å². The highest BCUT2D eigenvalue weighted by molar-refractivity contribution is 5.96. The molecule has 0 saturated carbocycles. The number of aryl methyl sites for hydroxylation is 1. The molecule has 0 unspecified atom stereocenters. The molecular weight excluding hydrogens is 262 g/mol. The third kappa shape index (κ3) is 4.07. The second-order valence-corrected chi connectivity index (χ2v) is 5.96. The van der Waals surface area contributed by atoms with Crippen molar-refractivity contribution in [2.75, 3.05) is 19.7 Å². The van der Waals surface area contributed by atoms with Crippen LogP contribution in [0.4, 0.5) is 0 Å². The van der Waals surface area contributed by atoms with Crippen LogP contribution in [0.25, 0.3) is 0 Å². The van der Waals surface area contributed by atoms with Crippen molar-refractivity contribution in [3.05, 3.63) is 34.9 Å². The van der Waals surface area contributed by atoms with Gasteiger partial charge in [0.2, 0.25) is 0 Å². The number of carbonyl (C=O) groups is 1. The third-order valence-electron chi connectivity index (χ3n) is 4.14. The molecule has 116 valence electrons. The first-order chi connectivity index (χ1) is 10.1. The van der Waals surface area contributed by atoms with Crippen molar-refractivity contribution in [2.45, 2.75) is 52.6 Å². The number of amides is 1. The summed E-state index contributed by atoms with van der Waals surface area (Å²) in [6.45, 7) is 8.76. The van der Waals surface area contributed by atoms with E-state index in [4.69, 9.17) is 4.74 Å². The second-order valence-electron chi connectivity index (χ2n) is 5.96. The van der Waals surface area contributed by atoms with E-state index in [2.05, 4.69) is 19.1 Å². The van der Waals surface area contributed by atoms with E-state index in [1.807, 2.05) is 24.8 Å². The Hall–Kier alpha value is -1.35. The van der Waals surface area contributed by atoms with Crippen LogP contribution in [0.1, 0.15) is 67.1 Å². The van der Waals surface area contributed by atoms with Gasteiger partial charge >= 0.3 is 0 Å². The van der Waals surface area contributed by atoms with E-state index in [9.17, 15) is 4.79 Å². The summed E-state index contributed by atoms with van der Waals surface area (Å²) in [4.78, 5) is 14.7. The first-order valence-electron chi connectivity index (χ1n) is 8.15. The van der Waals surface area contributed by atoms with Crippen molar-refractivity contribution in [1.82, 2.24) is 4.90 Å². The zero-order valence-electron chi connectivity index (χ0n) is 13.5. The maximum absolute atomic E-state index is 12.7. The van der Waals surface area contributed by atoms with Gasteiger partial charge in [0.1, 0.15) is 0 Å². The minimum atomic E-state index is -0.0290. The molecule has 0 aliphatic carbocycles. The summed E-state index contributed by atoms with van der Waals surface area (Å²) in [6.07, 6.45) is 4.40. The molecule has 1 aliphatic heterocycles. The highest BCUT2D eigenvalue weighted by atomic mass is 16.5. The number of benzene rings is 1. The van der Waals surface area contributed by atoms with Gasteiger partial charge in [-0.05, 0) is 44.7 Å². The molecule has 1 amide bonds. The Labute approximate surface area is 128 Å². The molecule has 1 aliphatic rings. The lowest BCUT2D eigenvalue weighted by Crippen LogP contribution is -2.29. The van der Waals surface area contributed by atoms with Crippen LogP contribution in [0, 0.1) is 6.92 Å². The summed E-state index contributed by atoms with van der Waals surface area (Å²) in [5.41, 5.74) is 2.97. The fourth-order valence-electron chi connectivity index (χ4n) is 2.79. The molecule has 21 heavy (non-hydrogen) atoms. The predicted octanol–water partition coefficient (Wildman–Crippen LogP) is 4.11. The van der Waals surface area contributed by atoms with Crippen molar-refractivity contribution < 1.29 is 9.53 Å². The second kappa shape index (κ2) is 7.60. The van der Waals surface area contributed by atoms with Gasteiger partial charge in [0.15, 0.2) is 0 Å². The smallest absolute Gasteiger partial charge is 0.254 e.